The first kappa shape index (κ1) is 14.7. The van der Waals surface area contributed by atoms with Crippen LogP contribution in [0.2, 0.25) is 0 Å². The quantitative estimate of drug-likeness (QED) is 0.914. The summed E-state index contributed by atoms with van der Waals surface area (Å²) >= 11 is 0. The first-order chi connectivity index (χ1) is 10.8. The van der Waals surface area contributed by atoms with E-state index in [0.29, 0.717) is 5.95 Å². The fourth-order valence-corrected chi connectivity index (χ4v) is 2.81. The lowest BCUT2D eigenvalue weighted by Crippen LogP contribution is -2.46. The predicted molar refractivity (Wildman–Crippen MR) is 87.8 cm³/mol. The molecule has 0 radical (unpaired) electrons. The highest BCUT2D eigenvalue weighted by molar-refractivity contribution is 5.50. The fraction of sp³-hybridized carbons (Fsp3) is 0.438. The van der Waals surface area contributed by atoms with Crippen molar-refractivity contribution in [2.75, 3.05) is 43.4 Å². The maximum absolute atomic E-state index is 5.81. The lowest BCUT2D eigenvalue weighted by molar-refractivity contribution is 0.270. The van der Waals surface area contributed by atoms with E-state index in [0.717, 1.165) is 56.1 Å². The molecule has 2 N–H and O–H groups in total. The molecule has 0 amide bonds. The van der Waals surface area contributed by atoms with Crippen molar-refractivity contribution < 1.29 is 0 Å². The number of likely N-dealkylation sites (N-methyl/N-ethyl adjacent to an activating group) is 1. The summed E-state index contributed by atoms with van der Waals surface area (Å²) in [4.78, 5) is 17.6. The van der Waals surface area contributed by atoms with Crippen LogP contribution in [0, 0.1) is 0 Å². The second-order valence-corrected chi connectivity index (χ2v) is 5.54. The number of aromatic nitrogens is 3. The number of nitrogens with zero attached hydrogens (tertiary/aromatic N) is 5. The van der Waals surface area contributed by atoms with Gasteiger partial charge in [0.05, 0.1) is 0 Å². The molecule has 1 saturated heterocycles. The summed E-state index contributed by atoms with van der Waals surface area (Å²) < 4.78 is 0. The maximum Gasteiger partial charge on any atom is 0.221 e. The van der Waals surface area contributed by atoms with Gasteiger partial charge in [-0.15, -0.1) is 0 Å². The molecule has 1 fully saturated rings. The van der Waals surface area contributed by atoms with Gasteiger partial charge < -0.3 is 15.5 Å². The molecule has 1 aliphatic heterocycles. The van der Waals surface area contributed by atoms with Crippen molar-refractivity contribution >= 4 is 11.8 Å². The van der Waals surface area contributed by atoms with Gasteiger partial charge in [0.2, 0.25) is 5.95 Å². The molecule has 116 valence electrons. The molecular formula is C16H22N6. The van der Waals surface area contributed by atoms with E-state index in [-0.39, 0.29) is 0 Å². The maximum atomic E-state index is 5.81. The average Bonchev–Trinajstić information content (AvgIpc) is 2.57. The number of rotatable bonds is 4. The minimum Gasteiger partial charge on any atom is -0.368 e. The molecule has 3 heterocycles. The number of hydrogen-bond donors (Lipinski definition) is 1. The Morgan fingerprint density at radius 2 is 2.00 bits per heavy atom. The fourth-order valence-electron chi connectivity index (χ4n) is 2.81. The standard InChI is InChI=1S/C16H22N6/c1-2-21-6-8-22(9-7-21)15-14(12-19-16(17)20-15)10-13-4-3-5-18-11-13/h3-5,11-12H,2,6-10H2,1H3,(H2,17,19,20). The molecule has 6 heteroatoms. The summed E-state index contributed by atoms with van der Waals surface area (Å²) in [6, 6.07) is 4.02. The number of nitrogens with two attached hydrogens (primary N) is 1. The number of pyridine rings is 1. The Kier molecular flexibility index (Phi) is 4.48. The van der Waals surface area contributed by atoms with Crippen molar-refractivity contribution in [3.8, 4) is 0 Å². The molecule has 1 aliphatic rings. The minimum absolute atomic E-state index is 0.336. The van der Waals surface area contributed by atoms with Gasteiger partial charge in [-0.2, -0.15) is 4.98 Å². The van der Waals surface area contributed by atoms with E-state index in [9.17, 15) is 0 Å². The predicted octanol–water partition coefficient (Wildman–Crippen LogP) is 1.19. The average molecular weight is 298 g/mol. The molecule has 0 unspecified atom stereocenters. The first-order valence-electron chi connectivity index (χ1n) is 7.74. The van der Waals surface area contributed by atoms with Gasteiger partial charge in [-0.3, -0.25) is 4.98 Å². The van der Waals surface area contributed by atoms with Crippen LogP contribution in [-0.4, -0.2) is 52.6 Å². The highest BCUT2D eigenvalue weighted by atomic mass is 15.3. The van der Waals surface area contributed by atoms with Crippen LogP contribution in [-0.2, 0) is 6.42 Å². The number of hydrogen-bond acceptors (Lipinski definition) is 6. The third kappa shape index (κ3) is 3.33. The summed E-state index contributed by atoms with van der Waals surface area (Å²) in [5.74, 6) is 1.30. The highest BCUT2D eigenvalue weighted by Crippen LogP contribution is 2.22. The Hall–Kier alpha value is -2.21. The second-order valence-electron chi connectivity index (χ2n) is 5.54. The van der Waals surface area contributed by atoms with E-state index in [1.165, 1.54) is 0 Å². The van der Waals surface area contributed by atoms with Crippen LogP contribution >= 0.6 is 0 Å². The molecule has 0 spiro atoms. The molecule has 2 aromatic heterocycles. The van der Waals surface area contributed by atoms with Gasteiger partial charge >= 0.3 is 0 Å². The summed E-state index contributed by atoms with van der Waals surface area (Å²) in [5, 5.41) is 0. The van der Waals surface area contributed by atoms with Gasteiger partial charge in [0, 0.05) is 56.8 Å². The molecule has 0 aromatic carbocycles. The van der Waals surface area contributed by atoms with Crippen LogP contribution in [0.3, 0.4) is 0 Å². The van der Waals surface area contributed by atoms with Crippen LogP contribution in [0.4, 0.5) is 11.8 Å². The van der Waals surface area contributed by atoms with Crippen molar-refractivity contribution in [3.63, 3.8) is 0 Å². The van der Waals surface area contributed by atoms with Crippen LogP contribution in [0.5, 0.6) is 0 Å². The zero-order chi connectivity index (χ0) is 15.4. The third-order valence-electron chi connectivity index (χ3n) is 4.10. The van der Waals surface area contributed by atoms with Crippen molar-refractivity contribution in [1.29, 1.82) is 0 Å². The summed E-state index contributed by atoms with van der Waals surface area (Å²) in [5.41, 5.74) is 8.07. The lowest BCUT2D eigenvalue weighted by atomic mass is 10.1. The zero-order valence-corrected chi connectivity index (χ0v) is 12.9. The Morgan fingerprint density at radius 3 is 2.68 bits per heavy atom. The van der Waals surface area contributed by atoms with Crippen LogP contribution in [0.1, 0.15) is 18.1 Å². The lowest BCUT2D eigenvalue weighted by Gasteiger charge is -2.35. The third-order valence-corrected chi connectivity index (χ3v) is 4.10. The minimum atomic E-state index is 0.336. The van der Waals surface area contributed by atoms with Gasteiger partial charge in [0.1, 0.15) is 5.82 Å². The van der Waals surface area contributed by atoms with E-state index < -0.39 is 0 Å². The summed E-state index contributed by atoms with van der Waals surface area (Å²) in [7, 11) is 0. The van der Waals surface area contributed by atoms with Gasteiger partial charge in [-0.25, -0.2) is 4.98 Å². The molecular weight excluding hydrogens is 276 g/mol. The molecule has 2 aromatic rings. The van der Waals surface area contributed by atoms with E-state index in [1.54, 1.807) is 6.20 Å². The van der Waals surface area contributed by atoms with Gasteiger partial charge in [-0.05, 0) is 18.2 Å². The smallest absolute Gasteiger partial charge is 0.221 e. The van der Waals surface area contributed by atoms with Crippen LogP contribution < -0.4 is 10.6 Å². The molecule has 3 rings (SSSR count). The molecule has 0 bridgehead atoms. The van der Waals surface area contributed by atoms with Crippen molar-refractivity contribution in [2.45, 2.75) is 13.3 Å². The number of nitrogen functional groups attached to an aromatic ring is 1. The van der Waals surface area contributed by atoms with Crippen LogP contribution in [0.25, 0.3) is 0 Å². The molecule has 22 heavy (non-hydrogen) atoms. The van der Waals surface area contributed by atoms with E-state index in [2.05, 4.69) is 37.7 Å². The highest BCUT2D eigenvalue weighted by Gasteiger charge is 2.20. The SMILES string of the molecule is CCN1CCN(c2nc(N)ncc2Cc2cccnc2)CC1. The van der Waals surface area contributed by atoms with E-state index in [4.69, 9.17) is 5.73 Å². The van der Waals surface area contributed by atoms with Gasteiger partial charge in [0.15, 0.2) is 0 Å². The van der Waals surface area contributed by atoms with Crippen molar-refractivity contribution in [2.24, 2.45) is 0 Å². The topological polar surface area (TPSA) is 71.2 Å². The zero-order valence-electron chi connectivity index (χ0n) is 12.9. The number of piperazine rings is 1. The normalized spacial score (nSPS) is 16.0. The second kappa shape index (κ2) is 6.70. The van der Waals surface area contributed by atoms with Crippen molar-refractivity contribution in [1.82, 2.24) is 19.9 Å². The monoisotopic (exact) mass is 298 g/mol. The van der Waals surface area contributed by atoms with Crippen molar-refractivity contribution in [3.05, 3.63) is 41.9 Å². The Labute approximate surface area is 131 Å². The summed E-state index contributed by atoms with van der Waals surface area (Å²) in [6.07, 6.45) is 6.29. The number of anilines is 2. The summed E-state index contributed by atoms with van der Waals surface area (Å²) in [6.45, 7) is 7.38. The van der Waals surface area contributed by atoms with Gasteiger partial charge in [-0.1, -0.05) is 13.0 Å². The molecule has 0 saturated carbocycles. The Balaban J connectivity index is 1.82. The first-order valence-corrected chi connectivity index (χ1v) is 7.74. The molecule has 0 atom stereocenters. The van der Waals surface area contributed by atoms with E-state index in [1.807, 2.05) is 18.5 Å². The van der Waals surface area contributed by atoms with Gasteiger partial charge in [0.25, 0.3) is 0 Å². The Morgan fingerprint density at radius 1 is 1.18 bits per heavy atom. The largest absolute Gasteiger partial charge is 0.368 e. The van der Waals surface area contributed by atoms with E-state index >= 15 is 0 Å². The van der Waals surface area contributed by atoms with Crippen LogP contribution in [0.15, 0.2) is 30.7 Å². The molecule has 6 nitrogen and oxygen atoms in total. The Bertz CT molecular complexity index is 607. The molecule has 0 aliphatic carbocycles.